The maximum absolute atomic E-state index is 5.91. The summed E-state index contributed by atoms with van der Waals surface area (Å²) in [7, 11) is 0. The van der Waals surface area contributed by atoms with Gasteiger partial charge in [-0.3, -0.25) is 0 Å². The number of para-hydroxylation sites is 1. The van der Waals surface area contributed by atoms with E-state index in [1.54, 1.807) is 11.3 Å². The number of thiophene rings is 1. The van der Waals surface area contributed by atoms with Gasteiger partial charge in [0.25, 0.3) is 0 Å². The first-order valence-corrected chi connectivity index (χ1v) is 8.30. The lowest BCUT2D eigenvalue weighted by molar-refractivity contribution is 0.419. The molecule has 2 atom stereocenters. The van der Waals surface area contributed by atoms with Crippen molar-refractivity contribution < 1.29 is 4.42 Å². The third-order valence-corrected chi connectivity index (χ3v) is 5.46. The van der Waals surface area contributed by atoms with E-state index in [-0.39, 0.29) is 12.1 Å². The minimum atomic E-state index is 0.173. The molecule has 104 valence electrons. The molecule has 1 N–H and O–H groups in total. The van der Waals surface area contributed by atoms with Gasteiger partial charge < -0.3 is 9.73 Å². The van der Waals surface area contributed by atoms with E-state index in [1.165, 1.54) is 9.35 Å². The molecular formula is C16H16BrNOS. The van der Waals surface area contributed by atoms with E-state index in [4.69, 9.17) is 4.42 Å². The maximum atomic E-state index is 5.91. The molecule has 0 bridgehead atoms. The van der Waals surface area contributed by atoms with Crippen molar-refractivity contribution in [2.45, 2.75) is 25.9 Å². The second-order valence-corrected chi connectivity index (χ2v) is 6.73. The van der Waals surface area contributed by atoms with Crippen molar-refractivity contribution in [2.75, 3.05) is 0 Å². The van der Waals surface area contributed by atoms with Crippen LogP contribution in [0.5, 0.6) is 0 Å². The van der Waals surface area contributed by atoms with Crippen molar-refractivity contribution in [3.05, 3.63) is 56.9 Å². The zero-order valence-corrected chi connectivity index (χ0v) is 13.8. The van der Waals surface area contributed by atoms with E-state index in [1.807, 2.05) is 18.2 Å². The molecule has 2 heterocycles. The van der Waals surface area contributed by atoms with Gasteiger partial charge in [-0.1, -0.05) is 18.2 Å². The van der Waals surface area contributed by atoms with Crippen molar-refractivity contribution in [2.24, 2.45) is 0 Å². The molecular weight excluding hydrogens is 334 g/mol. The average molecular weight is 350 g/mol. The van der Waals surface area contributed by atoms with Crippen molar-refractivity contribution in [3.63, 3.8) is 0 Å². The zero-order chi connectivity index (χ0) is 14.1. The third kappa shape index (κ3) is 2.68. The predicted octanol–water partition coefficient (Wildman–Crippen LogP) is 5.67. The van der Waals surface area contributed by atoms with Crippen molar-refractivity contribution >= 4 is 38.2 Å². The number of halogens is 1. The lowest BCUT2D eigenvalue weighted by Crippen LogP contribution is -2.21. The molecule has 0 saturated heterocycles. The van der Waals surface area contributed by atoms with Gasteiger partial charge in [-0.25, -0.2) is 0 Å². The molecule has 0 amide bonds. The lowest BCUT2D eigenvalue weighted by Gasteiger charge is -2.17. The molecule has 20 heavy (non-hydrogen) atoms. The Kier molecular flexibility index (Phi) is 3.96. The van der Waals surface area contributed by atoms with E-state index in [2.05, 4.69) is 58.7 Å². The standard InChI is InChI=1S/C16H16BrNOS/c1-10(18-11(2)16-13(17)7-8-20-16)15-9-12-5-3-4-6-14(12)19-15/h3-11,18H,1-2H3. The molecule has 0 aliphatic heterocycles. The monoisotopic (exact) mass is 349 g/mol. The Morgan fingerprint density at radius 1 is 1.15 bits per heavy atom. The van der Waals surface area contributed by atoms with Crippen LogP contribution in [0.1, 0.15) is 36.6 Å². The van der Waals surface area contributed by atoms with Crippen LogP contribution in [-0.4, -0.2) is 0 Å². The van der Waals surface area contributed by atoms with Gasteiger partial charge in [-0.05, 0) is 53.4 Å². The molecule has 4 heteroatoms. The topological polar surface area (TPSA) is 25.2 Å². The largest absolute Gasteiger partial charge is 0.459 e. The zero-order valence-electron chi connectivity index (χ0n) is 11.4. The minimum Gasteiger partial charge on any atom is -0.459 e. The van der Waals surface area contributed by atoms with Crippen molar-refractivity contribution in [1.29, 1.82) is 0 Å². The molecule has 0 fully saturated rings. The number of hydrogen-bond acceptors (Lipinski definition) is 3. The van der Waals surface area contributed by atoms with Gasteiger partial charge in [0.05, 0.1) is 6.04 Å². The summed E-state index contributed by atoms with van der Waals surface area (Å²) in [6.07, 6.45) is 0. The van der Waals surface area contributed by atoms with Gasteiger partial charge in [0.1, 0.15) is 11.3 Å². The lowest BCUT2D eigenvalue weighted by atomic mass is 10.2. The number of benzene rings is 1. The molecule has 2 aromatic heterocycles. The molecule has 2 nitrogen and oxygen atoms in total. The van der Waals surface area contributed by atoms with E-state index in [0.29, 0.717) is 0 Å². The summed E-state index contributed by atoms with van der Waals surface area (Å²) in [6, 6.07) is 12.8. The molecule has 3 aromatic rings. The summed E-state index contributed by atoms with van der Waals surface area (Å²) in [5.74, 6) is 0.978. The van der Waals surface area contributed by atoms with Gasteiger partial charge in [0.2, 0.25) is 0 Å². The smallest absolute Gasteiger partial charge is 0.134 e. The number of rotatable bonds is 4. The fourth-order valence-corrected chi connectivity index (χ4v) is 4.10. The summed E-state index contributed by atoms with van der Waals surface area (Å²) >= 11 is 5.35. The van der Waals surface area contributed by atoms with Crippen LogP contribution in [0, 0.1) is 0 Å². The van der Waals surface area contributed by atoms with Crippen molar-refractivity contribution in [1.82, 2.24) is 5.32 Å². The van der Waals surface area contributed by atoms with Crippen LogP contribution in [0.2, 0.25) is 0 Å². The Hall–Kier alpha value is -1.10. The van der Waals surface area contributed by atoms with E-state index >= 15 is 0 Å². The average Bonchev–Trinajstić information content (AvgIpc) is 3.04. The summed E-state index contributed by atoms with van der Waals surface area (Å²) in [4.78, 5) is 1.31. The van der Waals surface area contributed by atoms with Crippen molar-refractivity contribution in [3.8, 4) is 0 Å². The van der Waals surface area contributed by atoms with Crippen LogP contribution in [0.25, 0.3) is 11.0 Å². The summed E-state index contributed by atoms with van der Waals surface area (Å²) in [6.45, 7) is 4.31. The molecule has 3 rings (SSSR count). The van der Waals surface area contributed by atoms with E-state index in [9.17, 15) is 0 Å². The number of hydrogen-bond donors (Lipinski definition) is 1. The van der Waals surface area contributed by atoms with Gasteiger partial charge in [-0.2, -0.15) is 0 Å². The first kappa shape index (κ1) is 13.9. The van der Waals surface area contributed by atoms with Gasteiger partial charge >= 0.3 is 0 Å². The summed E-state index contributed by atoms with van der Waals surface area (Å²) in [5, 5.41) is 6.84. The van der Waals surface area contributed by atoms with Gasteiger partial charge in [0.15, 0.2) is 0 Å². The summed E-state index contributed by atoms with van der Waals surface area (Å²) in [5.41, 5.74) is 0.945. The second kappa shape index (κ2) is 5.72. The number of furan rings is 1. The Morgan fingerprint density at radius 2 is 1.95 bits per heavy atom. The highest BCUT2D eigenvalue weighted by Gasteiger charge is 2.17. The van der Waals surface area contributed by atoms with Crippen LogP contribution in [0.4, 0.5) is 0 Å². The van der Waals surface area contributed by atoms with Gasteiger partial charge in [-0.15, -0.1) is 11.3 Å². The van der Waals surface area contributed by atoms with Crippen LogP contribution in [-0.2, 0) is 0 Å². The fourth-order valence-electron chi connectivity index (χ4n) is 2.36. The minimum absolute atomic E-state index is 0.173. The predicted molar refractivity (Wildman–Crippen MR) is 88.2 cm³/mol. The number of nitrogens with one attached hydrogen (secondary N) is 1. The van der Waals surface area contributed by atoms with E-state index in [0.717, 1.165) is 16.7 Å². The maximum Gasteiger partial charge on any atom is 0.134 e. The van der Waals surface area contributed by atoms with Crippen LogP contribution in [0.15, 0.2) is 50.7 Å². The highest BCUT2D eigenvalue weighted by Crippen LogP contribution is 2.31. The van der Waals surface area contributed by atoms with Crippen LogP contribution in [0.3, 0.4) is 0 Å². The van der Waals surface area contributed by atoms with Gasteiger partial charge in [0, 0.05) is 20.8 Å². The van der Waals surface area contributed by atoms with E-state index < -0.39 is 0 Å². The molecule has 0 spiro atoms. The molecule has 0 saturated carbocycles. The highest BCUT2D eigenvalue weighted by molar-refractivity contribution is 9.10. The quantitative estimate of drug-likeness (QED) is 0.656. The first-order valence-electron chi connectivity index (χ1n) is 6.62. The Labute approximate surface area is 130 Å². The molecule has 0 aliphatic carbocycles. The molecule has 0 aliphatic rings. The number of fused-ring (bicyclic) bond motifs is 1. The SMILES string of the molecule is CC(NC(C)c1sccc1Br)c1cc2ccccc2o1. The first-order chi connectivity index (χ1) is 9.65. The van der Waals surface area contributed by atoms with Crippen LogP contribution < -0.4 is 5.32 Å². The normalized spacial score (nSPS) is 14.6. The Bertz CT molecular complexity index is 685. The fraction of sp³-hybridized carbons (Fsp3) is 0.250. The highest BCUT2D eigenvalue weighted by atomic mass is 79.9. The Morgan fingerprint density at radius 3 is 2.65 bits per heavy atom. The summed E-state index contributed by atoms with van der Waals surface area (Å²) < 4.78 is 7.07. The molecule has 2 unspecified atom stereocenters. The Balaban J connectivity index is 1.79. The van der Waals surface area contributed by atoms with Crippen LogP contribution >= 0.6 is 27.3 Å². The second-order valence-electron chi connectivity index (χ2n) is 4.93. The molecule has 1 aromatic carbocycles. The third-order valence-electron chi connectivity index (χ3n) is 3.41. The molecule has 0 radical (unpaired) electrons.